The molecule has 0 aliphatic carbocycles. The Balaban J connectivity index is 0.000000861. The average molecular weight is 259 g/mol. The first-order chi connectivity index (χ1) is 9.20. The quantitative estimate of drug-likeness (QED) is 0.901. The van der Waals surface area contributed by atoms with Gasteiger partial charge in [-0.3, -0.25) is 4.79 Å². The zero-order valence-corrected chi connectivity index (χ0v) is 11.3. The number of rotatable bonds is 2. The molecule has 0 aliphatic rings. The topological polar surface area (TPSA) is 59.4 Å². The third-order valence-corrected chi connectivity index (χ3v) is 2.35. The number of aromatic nitrogens is 1. The molecule has 100 valence electrons. The molecule has 2 aromatic rings. The summed E-state index contributed by atoms with van der Waals surface area (Å²) in [6.45, 7) is 4.00. The minimum absolute atomic E-state index is 0.266. The van der Waals surface area contributed by atoms with Crippen LogP contribution < -0.4 is 10.2 Å². The molecular weight excluding hydrogens is 242 g/mol. The lowest BCUT2D eigenvalue weighted by molar-refractivity contribution is 0.398. The van der Waals surface area contributed by atoms with Crippen molar-refractivity contribution in [2.45, 2.75) is 13.8 Å². The van der Waals surface area contributed by atoms with Gasteiger partial charge in [0.25, 0.3) is 0 Å². The molecular formula is C15H17NO3. The molecule has 1 aromatic heterocycles. The molecule has 1 aromatic carbocycles. The van der Waals surface area contributed by atoms with E-state index in [1.165, 1.54) is 19.2 Å². The molecule has 0 radical (unpaired) electrons. The zero-order chi connectivity index (χ0) is 14.3. The maximum absolute atomic E-state index is 11.4. The molecule has 0 saturated heterocycles. The minimum Gasteiger partial charge on any atom is -0.504 e. The Labute approximate surface area is 112 Å². The molecule has 0 fully saturated rings. The van der Waals surface area contributed by atoms with E-state index >= 15 is 0 Å². The molecule has 0 aliphatic heterocycles. The van der Waals surface area contributed by atoms with Gasteiger partial charge in [0, 0.05) is 17.8 Å². The van der Waals surface area contributed by atoms with Crippen molar-refractivity contribution in [2.24, 2.45) is 0 Å². The van der Waals surface area contributed by atoms with Gasteiger partial charge in [-0.2, -0.15) is 0 Å². The Hall–Kier alpha value is -2.36. The summed E-state index contributed by atoms with van der Waals surface area (Å²) in [6.07, 6.45) is 1.62. The van der Waals surface area contributed by atoms with Gasteiger partial charge in [0.05, 0.1) is 7.11 Å². The highest BCUT2D eigenvalue weighted by molar-refractivity contribution is 5.62. The Morgan fingerprint density at radius 3 is 2.42 bits per heavy atom. The summed E-state index contributed by atoms with van der Waals surface area (Å²) in [6, 6.07) is 9.62. The first-order valence-electron chi connectivity index (χ1n) is 6.04. The van der Waals surface area contributed by atoms with Crippen molar-refractivity contribution in [1.82, 2.24) is 4.98 Å². The van der Waals surface area contributed by atoms with E-state index < -0.39 is 5.43 Å². The minimum atomic E-state index is -0.416. The monoisotopic (exact) mass is 259 g/mol. The highest BCUT2D eigenvalue weighted by Crippen LogP contribution is 2.18. The van der Waals surface area contributed by atoms with Crippen LogP contribution in [-0.4, -0.2) is 17.2 Å². The summed E-state index contributed by atoms with van der Waals surface area (Å²) in [5, 5.41) is 9.28. The maximum atomic E-state index is 11.4. The molecule has 1 N–H and O–H groups in total. The number of hydrogen-bond donors (Lipinski definition) is 1. The second-order valence-electron chi connectivity index (χ2n) is 3.46. The number of aromatic hydroxyl groups is 1. The number of hydrogen-bond acceptors (Lipinski definition) is 4. The van der Waals surface area contributed by atoms with Crippen molar-refractivity contribution >= 4 is 0 Å². The Morgan fingerprint density at radius 2 is 1.84 bits per heavy atom. The summed E-state index contributed by atoms with van der Waals surface area (Å²) < 4.78 is 4.95. The fourth-order valence-corrected chi connectivity index (χ4v) is 1.44. The van der Waals surface area contributed by atoms with E-state index in [0.717, 1.165) is 5.56 Å². The average Bonchev–Trinajstić information content (AvgIpc) is 2.63. The van der Waals surface area contributed by atoms with E-state index in [-0.39, 0.29) is 5.75 Å². The van der Waals surface area contributed by atoms with Crippen LogP contribution in [0, 0.1) is 0 Å². The first kappa shape index (κ1) is 14.7. The second kappa shape index (κ2) is 7.16. The normalized spacial score (nSPS) is 9.21. The maximum Gasteiger partial charge on any atom is 0.220 e. The molecule has 4 heteroatoms. The van der Waals surface area contributed by atoms with Crippen LogP contribution in [0.25, 0.3) is 11.1 Å². The van der Waals surface area contributed by atoms with Gasteiger partial charge >= 0.3 is 0 Å². The second-order valence-corrected chi connectivity index (χ2v) is 3.46. The SMILES string of the molecule is CC.COc1ccc(-c2cccc(O)c(=O)c2)cn1. The van der Waals surface area contributed by atoms with Gasteiger partial charge in [0.15, 0.2) is 5.75 Å². The van der Waals surface area contributed by atoms with Gasteiger partial charge < -0.3 is 9.84 Å². The fraction of sp³-hybridized carbons (Fsp3) is 0.200. The van der Waals surface area contributed by atoms with Crippen LogP contribution in [0.1, 0.15) is 13.8 Å². The van der Waals surface area contributed by atoms with E-state index in [9.17, 15) is 9.90 Å². The predicted molar refractivity (Wildman–Crippen MR) is 75.5 cm³/mol. The van der Waals surface area contributed by atoms with Crippen LogP contribution >= 0.6 is 0 Å². The molecule has 0 amide bonds. The Morgan fingerprint density at radius 1 is 1.11 bits per heavy atom. The van der Waals surface area contributed by atoms with E-state index in [4.69, 9.17) is 4.74 Å². The van der Waals surface area contributed by atoms with Crippen LogP contribution in [0.2, 0.25) is 0 Å². The lowest BCUT2D eigenvalue weighted by Gasteiger charge is -2.00. The molecule has 0 spiro atoms. The number of pyridine rings is 1. The van der Waals surface area contributed by atoms with Crippen LogP contribution in [0.15, 0.2) is 47.4 Å². The summed E-state index contributed by atoms with van der Waals surface area (Å²) in [7, 11) is 1.54. The van der Waals surface area contributed by atoms with Crippen molar-refractivity contribution in [1.29, 1.82) is 0 Å². The zero-order valence-electron chi connectivity index (χ0n) is 11.3. The number of methoxy groups -OCH3 is 1. The molecule has 1 heterocycles. The lowest BCUT2D eigenvalue weighted by atomic mass is 10.1. The first-order valence-corrected chi connectivity index (χ1v) is 6.04. The van der Waals surface area contributed by atoms with Gasteiger partial charge in [-0.25, -0.2) is 4.98 Å². The highest BCUT2D eigenvalue weighted by Gasteiger charge is 2.00. The van der Waals surface area contributed by atoms with E-state index in [1.807, 2.05) is 13.8 Å². The molecule has 4 nitrogen and oxygen atoms in total. The predicted octanol–water partition coefficient (Wildman–Crippen LogP) is 2.85. The smallest absolute Gasteiger partial charge is 0.220 e. The van der Waals surface area contributed by atoms with Crippen LogP contribution in [0.4, 0.5) is 0 Å². The summed E-state index contributed by atoms with van der Waals surface area (Å²) in [4.78, 5) is 15.5. The Kier molecular flexibility index (Phi) is 5.54. The standard InChI is InChI=1S/C13H11NO3.C2H6/c1-17-13-6-5-10(8-14-13)9-3-2-4-11(15)12(16)7-9;1-2/h2-8H,1H3,(H,15,16);1-2H3. The molecule has 0 saturated carbocycles. The van der Waals surface area contributed by atoms with Gasteiger partial charge in [0.1, 0.15) is 0 Å². The van der Waals surface area contributed by atoms with Crippen LogP contribution in [-0.2, 0) is 0 Å². The molecule has 0 bridgehead atoms. The van der Waals surface area contributed by atoms with Crippen molar-refractivity contribution in [2.75, 3.05) is 7.11 Å². The van der Waals surface area contributed by atoms with Gasteiger partial charge in [0.2, 0.25) is 11.3 Å². The van der Waals surface area contributed by atoms with Crippen molar-refractivity contribution in [3.63, 3.8) is 0 Å². The van der Waals surface area contributed by atoms with E-state index in [1.54, 1.807) is 30.5 Å². The number of ether oxygens (including phenoxy) is 1. The third-order valence-electron chi connectivity index (χ3n) is 2.35. The fourth-order valence-electron chi connectivity index (χ4n) is 1.44. The molecule has 0 atom stereocenters. The van der Waals surface area contributed by atoms with Crippen molar-refractivity contribution in [3.05, 3.63) is 52.8 Å². The van der Waals surface area contributed by atoms with Crippen molar-refractivity contribution < 1.29 is 9.84 Å². The van der Waals surface area contributed by atoms with Gasteiger partial charge in [-0.1, -0.05) is 26.0 Å². The lowest BCUT2D eigenvalue weighted by Crippen LogP contribution is -1.94. The third kappa shape index (κ3) is 3.81. The van der Waals surface area contributed by atoms with Crippen molar-refractivity contribution in [3.8, 4) is 22.8 Å². The largest absolute Gasteiger partial charge is 0.504 e. The van der Waals surface area contributed by atoms with E-state index in [0.29, 0.717) is 11.4 Å². The summed E-state index contributed by atoms with van der Waals surface area (Å²) in [5.41, 5.74) is 1.07. The van der Waals surface area contributed by atoms with Crippen LogP contribution in [0.5, 0.6) is 11.6 Å². The molecule has 2 rings (SSSR count). The number of nitrogens with zero attached hydrogens (tertiary/aromatic N) is 1. The summed E-state index contributed by atoms with van der Waals surface area (Å²) >= 11 is 0. The molecule has 0 unspecified atom stereocenters. The summed E-state index contributed by atoms with van der Waals surface area (Å²) in [5.74, 6) is 0.247. The van der Waals surface area contributed by atoms with Gasteiger partial charge in [-0.05, 0) is 23.8 Å². The highest BCUT2D eigenvalue weighted by atomic mass is 16.5. The molecule has 19 heavy (non-hydrogen) atoms. The Bertz CT molecular complexity index is 580. The van der Waals surface area contributed by atoms with Crippen LogP contribution in [0.3, 0.4) is 0 Å². The van der Waals surface area contributed by atoms with Gasteiger partial charge in [-0.15, -0.1) is 0 Å². The van der Waals surface area contributed by atoms with E-state index in [2.05, 4.69) is 4.98 Å².